The molecule has 2 aromatic carbocycles. The Morgan fingerprint density at radius 3 is 2.33 bits per heavy atom. The van der Waals surface area contributed by atoms with Gasteiger partial charge in [0, 0.05) is 17.1 Å². The largest absolute Gasteiger partial charge is 0.324 e. The molecule has 6 heteroatoms. The van der Waals surface area contributed by atoms with E-state index in [1.807, 2.05) is 38.1 Å². The van der Waals surface area contributed by atoms with Gasteiger partial charge in [-0.05, 0) is 54.8 Å². The van der Waals surface area contributed by atoms with Gasteiger partial charge in [-0.25, -0.2) is 0 Å². The van der Waals surface area contributed by atoms with E-state index in [4.69, 9.17) is 11.6 Å². The van der Waals surface area contributed by atoms with Crippen LogP contribution in [-0.2, 0) is 6.42 Å². The molecule has 0 aliphatic heterocycles. The topological polar surface area (TPSA) is 70.7 Å². The number of aromatic amines is 1. The minimum absolute atomic E-state index is 0.258. The number of nitrogens with one attached hydrogen (secondary N) is 2. The third-order valence-electron chi connectivity index (χ3n) is 3.53. The lowest BCUT2D eigenvalue weighted by Crippen LogP contribution is -2.18. The third-order valence-corrected chi connectivity index (χ3v) is 3.79. The number of benzene rings is 2. The highest BCUT2D eigenvalue weighted by Gasteiger charge is 2.07. The zero-order chi connectivity index (χ0) is 17.1. The van der Waals surface area contributed by atoms with Gasteiger partial charge in [0.25, 0.3) is 5.56 Å². The van der Waals surface area contributed by atoms with E-state index in [0.717, 1.165) is 22.4 Å². The minimum atomic E-state index is -0.258. The molecule has 0 aliphatic carbocycles. The molecule has 1 heterocycles. The zero-order valence-electron chi connectivity index (χ0n) is 13.4. The summed E-state index contributed by atoms with van der Waals surface area (Å²) in [4.78, 5) is 14.9. The second-order valence-corrected chi connectivity index (χ2v) is 6.19. The number of rotatable bonds is 4. The smallest absolute Gasteiger partial charge is 0.274 e. The van der Waals surface area contributed by atoms with E-state index in [0.29, 0.717) is 23.1 Å². The molecule has 0 amide bonds. The fourth-order valence-corrected chi connectivity index (χ4v) is 2.64. The van der Waals surface area contributed by atoms with Gasteiger partial charge >= 0.3 is 0 Å². The summed E-state index contributed by atoms with van der Waals surface area (Å²) in [5.41, 5.74) is 4.19. The fraction of sp³-hybridized carbons (Fsp3) is 0.167. The van der Waals surface area contributed by atoms with E-state index in [2.05, 4.69) is 26.6 Å². The van der Waals surface area contributed by atoms with Crippen molar-refractivity contribution in [3.63, 3.8) is 0 Å². The highest BCUT2D eigenvalue weighted by molar-refractivity contribution is 6.30. The van der Waals surface area contributed by atoms with Gasteiger partial charge in [-0.15, -0.1) is 10.2 Å². The zero-order valence-corrected chi connectivity index (χ0v) is 14.2. The molecule has 122 valence electrons. The summed E-state index contributed by atoms with van der Waals surface area (Å²) in [6.45, 7) is 4.03. The van der Waals surface area contributed by atoms with E-state index < -0.39 is 0 Å². The van der Waals surface area contributed by atoms with Crippen LogP contribution < -0.4 is 10.9 Å². The molecule has 0 saturated carbocycles. The van der Waals surface area contributed by atoms with Crippen LogP contribution in [0, 0.1) is 13.8 Å². The Kier molecular flexibility index (Phi) is 4.62. The van der Waals surface area contributed by atoms with Crippen LogP contribution in [0.4, 0.5) is 11.6 Å². The number of halogens is 1. The molecule has 0 atom stereocenters. The number of aryl methyl sites for hydroxylation is 2. The molecule has 0 bridgehead atoms. The molecule has 2 N–H and O–H groups in total. The number of anilines is 2. The molecule has 0 saturated heterocycles. The molecular formula is C18H17ClN4O. The molecule has 0 unspecified atom stereocenters. The minimum Gasteiger partial charge on any atom is -0.324 e. The maximum Gasteiger partial charge on any atom is 0.274 e. The molecule has 24 heavy (non-hydrogen) atoms. The third kappa shape index (κ3) is 4.00. The van der Waals surface area contributed by atoms with Gasteiger partial charge in [-0.2, -0.15) is 0 Å². The molecule has 1 aromatic heterocycles. The van der Waals surface area contributed by atoms with Gasteiger partial charge in [0.2, 0.25) is 5.95 Å². The Morgan fingerprint density at radius 2 is 1.71 bits per heavy atom. The maximum atomic E-state index is 12.2. The SMILES string of the molecule is Cc1cc(C)cc(Nc2nnc(Cc3ccc(Cl)cc3)c(=O)[nH]2)c1. The summed E-state index contributed by atoms with van der Waals surface area (Å²) in [7, 11) is 0. The lowest BCUT2D eigenvalue weighted by molar-refractivity contribution is 0.874. The molecule has 3 rings (SSSR count). The number of hydrogen-bond acceptors (Lipinski definition) is 4. The van der Waals surface area contributed by atoms with Crippen molar-refractivity contribution in [2.75, 3.05) is 5.32 Å². The monoisotopic (exact) mass is 340 g/mol. The number of H-pyrrole nitrogens is 1. The standard InChI is InChI=1S/C18H17ClN4O/c1-11-7-12(2)9-15(8-11)20-18-21-17(24)16(22-23-18)10-13-3-5-14(19)6-4-13/h3-9H,10H2,1-2H3,(H2,20,21,23,24). The van der Waals surface area contributed by atoms with Gasteiger partial charge in [0.05, 0.1) is 0 Å². The van der Waals surface area contributed by atoms with Crippen molar-refractivity contribution >= 4 is 23.2 Å². The number of nitrogens with zero attached hydrogens (tertiary/aromatic N) is 2. The summed E-state index contributed by atoms with van der Waals surface area (Å²) in [5.74, 6) is 0.324. The first-order chi connectivity index (χ1) is 11.5. The Balaban J connectivity index is 1.79. The fourth-order valence-electron chi connectivity index (χ4n) is 2.51. The van der Waals surface area contributed by atoms with Crippen LogP contribution in [0.1, 0.15) is 22.4 Å². The predicted octanol–water partition coefficient (Wildman–Crippen LogP) is 3.77. The maximum absolute atomic E-state index is 12.2. The van der Waals surface area contributed by atoms with Crippen molar-refractivity contribution < 1.29 is 0 Å². The molecule has 0 spiro atoms. The Hall–Kier alpha value is -2.66. The van der Waals surface area contributed by atoms with Crippen molar-refractivity contribution in [3.05, 3.63) is 80.2 Å². The predicted molar refractivity (Wildman–Crippen MR) is 96.1 cm³/mol. The van der Waals surface area contributed by atoms with Crippen molar-refractivity contribution in [3.8, 4) is 0 Å². The number of hydrogen-bond donors (Lipinski definition) is 2. The van der Waals surface area contributed by atoms with E-state index in [1.54, 1.807) is 12.1 Å². The lowest BCUT2D eigenvalue weighted by atomic mass is 10.1. The Bertz CT molecular complexity index is 899. The van der Waals surface area contributed by atoms with Crippen LogP contribution in [-0.4, -0.2) is 15.2 Å². The normalized spacial score (nSPS) is 10.6. The van der Waals surface area contributed by atoms with Crippen LogP contribution >= 0.6 is 11.6 Å². The first kappa shape index (κ1) is 16.2. The highest BCUT2D eigenvalue weighted by Crippen LogP contribution is 2.16. The summed E-state index contributed by atoms with van der Waals surface area (Å²) >= 11 is 5.86. The summed E-state index contributed by atoms with van der Waals surface area (Å²) < 4.78 is 0. The van der Waals surface area contributed by atoms with Crippen LogP contribution in [0.25, 0.3) is 0 Å². The van der Waals surface area contributed by atoms with Crippen molar-refractivity contribution in [2.45, 2.75) is 20.3 Å². The van der Waals surface area contributed by atoms with Crippen LogP contribution in [0.3, 0.4) is 0 Å². The average Bonchev–Trinajstić information content (AvgIpc) is 2.51. The Labute approximate surface area is 144 Å². The second-order valence-electron chi connectivity index (χ2n) is 5.75. The van der Waals surface area contributed by atoms with Crippen LogP contribution in [0.2, 0.25) is 5.02 Å². The first-order valence-electron chi connectivity index (χ1n) is 7.55. The van der Waals surface area contributed by atoms with E-state index in [9.17, 15) is 4.79 Å². The van der Waals surface area contributed by atoms with Gasteiger partial charge in [0.15, 0.2) is 0 Å². The molecule has 3 aromatic rings. The van der Waals surface area contributed by atoms with E-state index in [1.165, 1.54) is 0 Å². The number of aromatic nitrogens is 3. The molecule has 0 fully saturated rings. The summed E-state index contributed by atoms with van der Waals surface area (Å²) in [6.07, 6.45) is 0.406. The molecule has 0 radical (unpaired) electrons. The first-order valence-corrected chi connectivity index (χ1v) is 7.93. The summed E-state index contributed by atoms with van der Waals surface area (Å²) in [6, 6.07) is 13.3. The molecule has 0 aliphatic rings. The van der Waals surface area contributed by atoms with Gasteiger partial charge in [-0.3, -0.25) is 9.78 Å². The molecule has 5 nitrogen and oxygen atoms in total. The van der Waals surface area contributed by atoms with Crippen LogP contribution in [0.15, 0.2) is 47.3 Å². The lowest BCUT2D eigenvalue weighted by Gasteiger charge is -2.07. The Morgan fingerprint density at radius 1 is 1.04 bits per heavy atom. The van der Waals surface area contributed by atoms with Crippen molar-refractivity contribution in [2.24, 2.45) is 0 Å². The summed E-state index contributed by atoms with van der Waals surface area (Å²) in [5, 5.41) is 11.9. The van der Waals surface area contributed by atoms with Crippen LogP contribution in [0.5, 0.6) is 0 Å². The van der Waals surface area contributed by atoms with E-state index >= 15 is 0 Å². The van der Waals surface area contributed by atoms with Gasteiger partial charge < -0.3 is 5.32 Å². The van der Waals surface area contributed by atoms with Gasteiger partial charge in [0.1, 0.15) is 5.69 Å². The van der Waals surface area contributed by atoms with Crippen molar-refractivity contribution in [1.29, 1.82) is 0 Å². The van der Waals surface area contributed by atoms with Crippen molar-refractivity contribution in [1.82, 2.24) is 15.2 Å². The molecular weight excluding hydrogens is 324 g/mol. The quantitative estimate of drug-likeness (QED) is 0.758. The highest BCUT2D eigenvalue weighted by atomic mass is 35.5. The van der Waals surface area contributed by atoms with E-state index in [-0.39, 0.29) is 5.56 Å². The second kappa shape index (κ2) is 6.84. The van der Waals surface area contributed by atoms with Gasteiger partial charge in [-0.1, -0.05) is 29.8 Å². The average molecular weight is 341 g/mol.